The van der Waals surface area contributed by atoms with Crippen molar-refractivity contribution in [1.29, 1.82) is 0 Å². The van der Waals surface area contributed by atoms with Crippen molar-refractivity contribution in [2.24, 2.45) is 5.73 Å². The molecule has 0 spiro atoms. The van der Waals surface area contributed by atoms with Gasteiger partial charge >= 0.3 is 6.09 Å². The van der Waals surface area contributed by atoms with Gasteiger partial charge in [0.1, 0.15) is 12.4 Å². The van der Waals surface area contributed by atoms with Crippen LogP contribution in [0, 0.1) is 0 Å². The van der Waals surface area contributed by atoms with Gasteiger partial charge in [-0.15, -0.1) is 0 Å². The number of carbonyl (C=O) groups is 1. The van der Waals surface area contributed by atoms with Gasteiger partial charge in [-0.2, -0.15) is 0 Å². The van der Waals surface area contributed by atoms with Crippen molar-refractivity contribution >= 4 is 22.0 Å². The summed E-state index contributed by atoms with van der Waals surface area (Å²) in [7, 11) is 0. The van der Waals surface area contributed by atoms with Crippen molar-refractivity contribution in [1.82, 2.24) is 5.32 Å². The predicted molar refractivity (Wildman–Crippen MR) is 63.0 cm³/mol. The Labute approximate surface area is 102 Å². The molecule has 0 atom stereocenters. The summed E-state index contributed by atoms with van der Waals surface area (Å²) in [6, 6.07) is 5.24. The molecule has 88 valence electrons. The Morgan fingerprint density at radius 1 is 1.56 bits per heavy atom. The number of benzene rings is 1. The van der Waals surface area contributed by atoms with Crippen molar-refractivity contribution < 1.29 is 14.6 Å². The molecule has 0 saturated carbocycles. The number of phenolic OH excluding ortho intramolecular Hbond substituents is 1. The second-order valence-corrected chi connectivity index (χ2v) is 3.98. The first-order chi connectivity index (χ1) is 7.59. The number of phenols is 1. The van der Waals surface area contributed by atoms with Crippen molar-refractivity contribution in [2.45, 2.75) is 6.54 Å². The Morgan fingerprint density at radius 2 is 2.31 bits per heavy atom. The van der Waals surface area contributed by atoms with Crippen molar-refractivity contribution in [3.05, 3.63) is 28.2 Å². The second-order valence-electron chi connectivity index (χ2n) is 3.13. The van der Waals surface area contributed by atoms with Crippen LogP contribution < -0.4 is 11.1 Å². The fraction of sp³-hybridized carbons (Fsp3) is 0.300. The number of nitrogens with one attached hydrogen (secondary N) is 1. The topological polar surface area (TPSA) is 84.6 Å². The van der Waals surface area contributed by atoms with Crippen LogP contribution in [0.2, 0.25) is 0 Å². The predicted octanol–water partition coefficient (Wildman–Crippen LogP) is 1.34. The molecule has 1 amide bonds. The van der Waals surface area contributed by atoms with Gasteiger partial charge in [0.05, 0.1) is 4.47 Å². The summed E-state index contributed by atoms with van der Waals surface area (Å²) in [6.07, 6.45) is -0.769. The van der Waals surface area contributed by atoms with Gasteiger partial charge in [0.25, 0.3) is 0 Å². The lowest BCUT2D eigenvalue weighted by molar-refractivity contribution is 0.157. The summed E-state index contributed by atoms with van der Waals surface area (Å²) < 4.78 is 5.20. The summed E-state index contributed by atoms with van der Waals surface area (Å²) in [5.41, 5.74) is 5.82. The van der Waals surface area contributed by atoms with Crippen molar-refractivity contribution in [3.8, 4) is 5.75 Å². The van der Waals surface area contributed by atoms with Crippen LogP contribution in [0.5, 0.6) is 5.75 Å². The molecule has 0 heterocycles. The Bertz CT molecular complexity index is 371. The molecule has 0 radical (unpaired) electrons. The van der Waals surface area contributed by atoms with Crippen LogP contribution in [0.25, 0.3) is 0 Å². The summed E-state index contributed by atoms with van der Waals surface area (Å²) in [6.45, 7) is 1.40. The second kappa shape index (κ2) is 6.34. The lowest BCUT2D eigenvalue weighted by Crippen LogP contribution is -2.23. The minimum Gasteiger partial charge on any atom is -0.507 e. The number of carbonyl (C=O) groups excluding carboxylic acids is 1. The van der Waals surface area contributed by atoms with E-state index in [0.29, 0.717) is 17.6 Å². The number of rotatable bonds is 5. The third-order valence-corrected chi connectivity index (χ3v) is 2.50. The fourth-order valence-electron chi connectivity index (χ4n) is 1.12. The molecule has 4 N–H and O–H groups in total. The van der Waals surface area contributed by atoms with Gasteiger partial charge in [0, 0.05) is 13.1 Å². The maximum atomic E-state index is 10.3. The number of ether oxygens (including phenoxy) is 1. The lowest BCUT2D eigenvalue weighted by atomic mass is 10.2. The monoisotopic (exact) mass is 288 g/mol. The lowest BCUT2D eigenvalue weighted by Gasteiger charge is -2.06. The van der Waals surface area contributed by atoms with E-state index in [2.05, 4.69) is 26.0 Å². The summed E-state index contributed by atoms with van der Waals surface area (Å²) in [4.78, 5) is 10.3. The van der Waals surface area contributed by atoms with Gasteiger partial charge in [-0.25, -0.2) is 4.79 Å². The van der Waals surface area contributed by atoms with E-state index in [1.54, 1.807) is 6.07 Å². The van der Waals surface area contributed by atoms with Gasteiger partial charge in [-0.05, 0) is 33.6 Å². The quantitative estimate of drug-likeness (QED) is 0.714. The molecule has 0 saturated heterocycles. The minimum atomic E-state index is -0.769. The fourth-order valence-corrected chi connectivity index (χ4v) is 1.54. The minimum absolute atomic E-state index is 0.209. The zero-order chi connectivity index (χ0) is 12.0. The highest BCUT2D eigenvalue weighted by Crippen LogP contribution is 2.23. The first kappa shape index (κ1) is 12.8. The van der Waals surface area contributed by atoms with Gasteiger partial charge in [0.15, 0.2) is 0 Å². The number of hydrogen-bond acceptors (Lipinski definition) is 4. The summed E-state index contributed by atoms with van der Waals surface area (Å²) >= 11 is 3.22. The van der Waals surface area contributed by atoms with E-state index < -0.39 is 6.09 Å². The summed E-state index contributed by atoms with van der Waals surface area (Å²) in [5.74, 6) is 0.209. The van der Waals surface area contributed by atoms with Crippen LogP contribution in [-0.2, 0) is 11.3 Å². The van der Waals surface area contributed by atoms with E-state index >= 15 is 0 Å². The van der Waals surface area contributed by atoms with Crippen LogP contribution >= 0.6 is 15.9 Å². The number of primary amides is 1. The standard InChI is InChI=1S/C10H13BrN2O3/c11-8-5-7(1-2-9(8)14)6-13-3-4-16-10(12)15/h1-2,5,13-14H,3-4,6H2,(H2,12,15). The molecular weight excluding hydrogens is 276 g/mol. The van der Waals surface area contributed by atoms with Crippen LogP contribution in [0.3, 0.4) is 0 Å². The molecule has 0 aromatic heterocycles. The van der Waals surface area contributed by atoms with E-state index in [1.165, 1.54) is 0 Å². The molecule has 1 aromatic carbocycles. The van der Waals surface area contributed by atoms with E-state index in [4.69, 9.17) is 5.73 Å². The molecule has 0 fully saturated rings. The SMILES string of the molecule is NC(=O)OCCNCc1ccc(O)c(Br)c1. The molecule has 0 aliphatic rings. The Balaban J connectivity index is 2.27. The summed E-state index contributed by atoms with van der Waals surface area (Å²) in [5, 5.41) is 12.3. The molecule has 16 heavy (non-hydrogen) atoms. The molecule has 0 aliphatic heterocycles. The van der Waals surface area contributed by atoms with Gasteiger partial charge < -0.3 is 20.9 Å². The third-order valence-electron chi connectivity index (χ3n) is 1.86. The van der Waals surface area contributed by atoms with E-state index in [0.717, 1.165) is 5.56 Å². The normalized spacial score (nSPS) is 10.1. The number of halogens is 1. The zero-order valence-electron chi connectivity index (χ0n) is 8.57. The average Bonchev–Trinajstić information content (AvgIpc) is 2.22. The largest absolute Gasteiger partial charge is 0.507 e. The van der Waals surface area contributed by atoms with Crippen molar-refractivity contribution in [3.63, 3.8) is 0 Å². The molecule has 0 unspecified atom stereocenters. The Morgan fingerprint density at radius 3 is 2.94 bits per heavy atom. The van der Waals surface area contributed by atoms with E-state index in [1.807, 2.05) is 12.1 Å². The first-order valence-corrected chi connectivity index (χ1v) is 5.49. The number of nitrogens with two attached hydrogens (primary N) is 1. The average molecular weight is 289 g/mol. The smallest absolute Gasteiger partial charge is 0.404 e. The number of aromatic hydroxyl groups is 1. The Kier molecular flexibility index (Phi) is 5.07. The van der Waals surface area contributed by atoms with Crippen LogP contribution in [0.15, 0.2) is 22.7 Å². The maximum Gasteiger partial charge on any atom is 0.404 e. The molecule has 1 aromatic rings. The van der Waals surface area contributed by atoms with Crippen LogP contribution in [0.1, 0.15) is 5.56 Å². The number of amides is 1. The van der Waals surface area contributed by atoms with E-state index in [9.17, 15) is 9.90 Å². The van der Waals surface area contributed by atoms with Gasteiger partial charge in [-0.3, -0.25) is 0 Å². The molecule has 6 heteroatoms. The highest BCUT2D eigenvalue weighted by atomic mass is 79.9. The van der Waals surface area contributed by atoms with Crippen LogP contribution in [-0.4, -0.2) is 24.4 Å². The van der Waals surface area contributed by atoms with Gasteiger partial charge in [0.2, 0.25) is 0 Å². The van der Waals surface area contributed by atoms with Crippen LogP contribution in [0.4, 0.5) is 4.79 Å². The molecular formula is C10H13BrN2O3. The van der Waals surface area contributed by atoms with Gasteiger partial charge in [-0.1, -0.05) is 6.07 Å². The van der Waals surface area contributed by atoms with Crippen molar-refractivity contribution in [2.75, 3.05) is 13.2 Å². The molecule has 0 aliphatic carbocycles. The molecule has 1 rings (SSSR count). The number of hydrogen-bond donors (Lipinski definition) is 3. The highest BCUT2D eigenvalue weighted by molar-refractivity contribution is 9.10. The zero-order valence-corrected chi connectivity index (χ0v) is 10.2. The highest BCUT2D eigenvalue weighted by Gasteiger charge is 1.99. The van der Waals surface area contributed by atoms with E-state index in [-0.39, 0.29) is 12.4 Å². The molecule has 5 nitrogen and oxygen atoms in total. The maximum absolute atomic E-state index is 10.3. The first-order valence-electron chi connectivity index (χ1n) is 4.70. The molecule has 0 bridgehead atoms. The Hall–Kier alpha value is -1.27. The third kappa shape index (κ3) is 4.50.